The Hall–Kier alpha value is -2.24. The number of rotatable bonds is 2. The quantitative estimate of drug-likeness (QED) is 0.675. The zero-order chi connectivity index (χ0) is 20.9. The molecule has 0 saturated heterocycles. The Bertz CT molecular complexity index is 929. The largest absolute Gasteiger partial charge is 0.277 e. The molecule has 0 N–H and O–H groups in total. The van der Waals surface area contributed by atoms with E-state index in [-0.39, 0.29) is 29.2 Å². The second-order valence-electron chi connectivity index (χ2n) is 9.64. The van der Waals surface area contributed by atoms with Gasteiger partial charge >= 0.3 is 0 Å². The number of anilines is 1. The molecule has 0 radical (unpaired) electrons. The van der Waals surface area contributed by atoms with E-state index in [0.29, 0.717) is 17.7 Å². The number of hydrogen-bond acceptors (Lipinski definition) is 3. The highest BCUT2D eigenvalue weighted by molar-refractivity contribution is 5.94. The van der Waals surface area contributed by atoms with Crippen molar-refractivity contribution in [1.82, 2.24) is 14.8 Å². The van der Waals surface area contributed by atoms with Crippen LogP contribution < -0.4 is 4.90 Å². The van der Waals surface area contributed by atoms with E-state index in [0.717, 1.165) is 37.7 Å². The minimum Gasteiger partial charge on any atom is -0.277 e. The molecule has 2 unspecified atom stereocenters. The molecule has 1 aliphatic heterocycles. The van der Waals surface area contributed by atoms with Crippen molar-refractivity contribution in [3.05, 3.63) is 30.1 Å². The van der Waals surface area contributed by atoms with Crippen LogP contribution in [0.5, 0.6) is 0 Å². The first-order valence-electron chi connectivity index (χ1n) is 11.6. The normalized spacial score (nSPS) is 25.3. The van der Waals surface area contributed by atoms with E-state index in [1.807, 2.05) is 18.7 Å². The maximum atomic E-state index is 13.5. The number of hydrogen-bond donors (Lipinski definition) is 0. The zero-order valence-electron chi connectivity index (χ0n) is 18.0. The Labute approximate surface area is 177 Å². The van der Waals surface area contributed by atoms with Gasteiger partial charge in [0.05, 0.1) is 5.54 Å². The summed E-state index contributed by atoms with van der Waals surface area (Å²) in [6.45, 7) is 3.93. The Morgan fingerprint density at radius 2 is 1.77 bits per heavy atom. The van der Waals surface area contributed by atoms with Crippen LogP contribution in [0.1, 0.15) is 71.6 Å². The van der Waals surface area contributed by atoms with Crippen molar-refractivity contribution in [3.8, 4) is 11.4 Å². The van der Waals surface area contributed by atoms with Gasteiger partial charge in [0.25, 0.3) is 0 Å². The van der Waals surface area contributed by atoms with Crippen LogP contribution in [0.4, 0.5) is 10.3 Å². The molecule has 2 aromatic rings. The summed E-state index contributed by atoms with van der Waals surface area (Å²) in [5, 5.41) is 5.00. The Morgan fingerprint density at radius 3 is 2.47 bits per heavy atom. The number of benzene rings is 1. The summed E-state index contributed by atoms with van der Waals surface area (Å²) in [6, 6.07) is 6.56. The van der Waals surface area contributed by atoms with Gasteiger partial charge in [-0.15, -0.1) is 5.10 Å². The first kappa shape index (κ1) is 19.7. The van der Waals surface area contributed by atoms with Crippen LogP contribution in [-0.2, 0) is 10.3 Å². The van der Waals surface area contributed by atoms with Gasteiger partial charge in [-0.2, -0.15) is 4.98 Å². The molecule has 2 fully saturated rings. The molecule has 6 heteroatoms. The maximum Gasteiger partial charge on any atom is 0.232 e. The van der Waals surface area contributed by atoms with Crippen LogP contribution in [0.25, 0.3) is 11.4 Å². The van der Waals surface area contributed by atoms with Gasteiger partial charge in [0.2, 0.25) is 11.9 Å². The lowest BCUT2D eigenvalue weighted by Crippen LogP contribution is -2.62. The minimum absolute atomic E-state index is 0.0439. The molecule has 1 aromatic carbocycles. The third-order valence-corrected chi connectivity index (χ3v) is 7.53. The molecule has 2 aliphatic carbocycles. The molecule has 1 amide bonds. The molecule has 2 heterocycles. The second-order valence-corrected chi connectivity index (χ2v) is 9.64. The average Bonchev–Trinajstić information content (AvgIpc) is 3.21. The van der Waals surface area contributed by atoms with Gasteiger partial charge in [0.1, 0.15) is 5.82 Å². The summed E-state index contributed by atoms with van der Waals surface area (Å²) in [5.41, 5.74) is 0.752. The fraction of sp³-hybridized carbons (Fsp3) is 0.625. The number of halogens is 1. The Kier molecular flexibility index (Phi) is 4.91. The molecule has 0 bridgehead atoms. The van der Waals surface area contributed by atoms with Crippen LogP contribution in [-0.4, -0.2) is 26.7 Å². The van der Waals surface area contributed by atoms with Crippen LogP contribution in [0.2, 0.25) is 0 Å². The predicted molar refractivity (Wildman–Crippen MR) is 115 cm³/mol. The number of carbonyl (C=O) groups excluding carboxylic acids is 1. The van der Waals surface area contributed by atoms with Gasteiger partial charge in [0, 0.05) is 23.4 Å². The van der Waals surface area contributed by atoms with Gasteiger partial charge in [0.15, 0.2) is 5.82 Å². The van der Waals surface area contributed by atoms with Crippen molar-refractivity contribution in [3.63, 3.8) is 0 Å². The molecule has 2 saturated carbocycles. The predicted octanol–water partition coefficient (Wildman–Crippen LogP) is 5.31. The van der Waals surface area contributed by atoms with Gasteiger partial charge < -0.3 is 0 Å². The zero-order valence-corrected chi connectivity index (χ0v) is 18.0. The smallest absolute Gasteiger partial charge is 0.232 e. The van der Waals surface area contributed by atoms with E-state index in [1.165, 1.54) is 37.8 Å². The molecule has 1 aromatic heterocycles. The number of aromatic nitrogens is 3. The van der Waals surface area contributed by atoms with Crippen molar-refractivity contribution >= 4 is 11.9 Å². The first-order valence-corrected chi connectivity index (χ1v) is 11.6. The molecule has 30 heavy (non-hydrogen) atoms. The van der Waals surface area contributed by atoms with Crippen LogP contribution in [0.15, 0.2) is 24.3 Å². The highest BCUT2D eigenvalue weighted by Crippen LogP contribution is 2.53. The van der Waals surface area contributed by atoms with Gasteiger partial charge in [-0.25, -0.2) is 9.07 Å². The lowest BCUT2D eigenvalue weighted by molar-refractivity contribution is -0.123. The summed E-state index contributed by atoms with van der Waals surface area (Å²) in [7, 11) is 0. The standard InChI is InChI=1S/C24H31FN4O/c1-16(2)22(30)28-20-9-5-4-8-19(20)24(14-6-3-7-15-24)29-23(28)26-21(27-29)17-10-12-18(25)13-11-17/h10-13,16,19-20H,3-9,14-15H2,1-2H3. The van der Waals surface area contributed by atoms with Crippen LogP contribution in [0.3, 0.4) is 0 Å². The Balaban J connectivity index is 1.70. The third kappa shape index (κ3) is 2.98. The average molecular weight is 411 g/mol. The molecule has 5 rings (SSSR count). The molecule has 2 atom stereocenters. The fourth-order valence-electron chi connectivity index (χ4n) is 6.12. The van der Waals surface area contributed by atoms with Gasteiger partial charge in [-0.05, 0) is 49.9 Å². The highest BCUT2D eigenvalue weighted by atomic mass is 19.1. The van der Waals surface area contributed by atoms with Crippen molar-refractivity contribution in [1.29, 1.82) is 0 Å². The lowest BCUT2D eigenvalue weighted by atomic mass is 9.64. The maximum absolute atomic E-state index is 13.5. The van der Waals surface area contributed by atoms with E-state index in [1.54, 1.807) is 12.1 Å². The van der Waals surface area contributed by atoms with E-state index < -0.39 is 0 Å². The van der Waals surface area contributed by atoms with Crippen molar-refractivity contribution in [2.45, 2.75) is 83.2 Å². The molecule has 3 aliphatic rings. The fourth-order valence-corrected chi connectivity index (χ4v) is 6.12. The lowest BCUT2D eigenvalue weighted by Gasteiger charge is -2.55. The van der Waals surface area contributed by atoms with Crippen molar-refractivity contribution in [2.75, 3.05) is 4.90 Å². The van der Waals surface area contributed by atoms with Crippen molar-refractivity contribution in [2.24, 2.45) is 11.8 Å². The van der Waals surface area contributed by atoms with Crippen molar-refractivity contribution < 1.29 is 9.18 Å². The number of amides is 1. The van der Waals surface area contributed by atoms with E-state index in [2.05, 4.69) is 4.68 Å². The van der Waals surface area contributed by atoms with E-state index in [4.69, 9.17) is 10.1 Å². The highest BCUT2D eigenvalue weighted by Gasteiger charge is 2.55. The summed E-state index contributed by atoms with van der Waals surface area (Å²) in [5.74, 6) is 1.51. The van der Waals surface area contributed by atoms with E-state index in [9.17, 15) is 9.18 Å². The first-order chi connectivity index (χ1) is 14.5. The molecular weight excluding hydrogens is 379 g/mol. The summed E-state index contributed by atoms with van der Waals surface area (Å²) in [4.78, 5) is 20.3. The molecular formula is C24H31FN4O. The molecule has 5 nitrogen and oxygen atoms in total. The number of carbonyl (C=O) groups is 1. The van der Waals surface area contributed by atoms with Gasteiger partial charge in [-0.3, -0.25) is 9.69 Å². The topological polar surface area (TPSA) is 51.0 Å². The molecule has 1 spiro atoms. The monoisotopic (exact) mass is 410 g/mol. The second kappa shape index (κ2) is 7.47. The summed E-state index contributed by atoms with van der Waals surface area (Å²) < 4.78 is 15.6. The van der Waals surface area contributed by atoms with Gasteiger partial charge in [-0.1, -0.05) is 46.0 Å². The van der Waals surface area contributed by atoms with E-state index >= 15 is 0 Å². The minimum atomic E-state index is -0.269. The molecule has 160 valence electrons. The Morgan fingerprint density at radius 1 is 1.07 bits per heavy atom. The number of fused-ring (bicyclic) bond motifs is 4. The summed E-state index contributed by atoms with van der Waals surface area (Å²) in [6.07, 6.45) is 10.5. The SMILES string of the molecule is CC(C)C(=O)N1c2nc(-c3ccc(F)cc3)nn2C2(CCCCC2)C2CCCCC21. The number of nitrogens with zero attached hydrogens (tertiary/aromatic N) is 4. The third-order valence-electron chi connectivity index (χ3n) is 7.53. The summed E-state index contributed by atoms with van der Waals surface area (Å²) >= 11 is 0. The van der Waals surface area contributed by atoms with Crippen LogP contribution in [0, 0.1) is 17.7 Å². The van der Waals surface area contributed by atoms with Crippen LogP contribution >= 0.6 is 0 Å².